The maximum absolute atomic E-state index is 12.4. The van der Waals surface area contributed by atoms with Crippen molar-refractivity contribution in [2.75, 3.05) is 20.8 Å². The van der Waals surface area contributed by atoms with E-state index in [-0.39, 0.29) is 23.5 Å². The fourth-order valence-electron chi connectivity index (χ4n) is 4.63. The van der Waals surface area contributed by atoms with Crippen molar-refractivity contribution >= 4 is 5.91 Å². The molecule has 3 aliphatic carbocycles. The van der Waals surface area contributed by atoms with Crippen molar-refractivity contribution < 1.29 is 14.3 Å². The number of rotatable bonds is 4. The summed E-state index contributed by atoms with van der Waals surface area (Å²) in [4.78, 5) is 14.2. The van der Waals surface area contributed by atoms with Gasteiger partial charge in [-0.1, -0.05) is 13.8 Å². The third-order valence-corrected chi connectivity index (χ3v) is 6.90. The lowest BCUT2D eigenvalue weighted by Crippen LogP contribution is -2.49. The van der Waals surface area contributed by atoms with Gasteiger partial charge in [-0.2, -0.15) is 0 Å². The van der Waals surface area contributed by atoms with Crippen molar-refractivity contribution in [1.29, 1.82) is 0 Å². The minimum atomic E-state index is -0.0253. The molecule has 136 valence electrons. The van der Waals surface area contributed by atoms with Crippen LogP contribution in [0.2, 0.25) is 0 Å². The molecule has 4 rings (SSSR count). The number of nitrogens with zero attached hydrogens (tertiary/aromatic N) is 1. The van der Waals surface area contributed by atoms with Crippen molar-refractivity contribution in [2.45, 2.75) is 52.2 Å². The molecule has 0 aromatic carbocycles. The highest BCUT2D eigenvalue weighted by Crippen LogP contribution is 2.54. The van der Waals surface area contributed by atoms with Crippen molar-refractivity contribution in [2.24, 2.45) is 17.3 Å². The summed E-state index contributed by atoms with van der Waals surface area (Å²) in [7, 11) is 3.64. The van der Waals surface area contributed by atoms with Crippen LogP contribution in [0.25, 0.3) is 0 Å². The first-order chi connectivity index (χ1) is 11.9. The molecule has 4 nitrogen and oxygen atoms in total. The van der Waals surface area contributed by atoms with Crippen LogP contribution in [-0.4, -0.2) is 43.8 Å². The second-order valence-electron chi connectivity index (χ2n) is 8.44. The average Bonchev–Trinajstić information content (AvgIpc) is 3.40. The van der Waals surface area contributed by atoms with Crippen LogP contribution in [0.3, 0.4) is 0 Å². The summed E-state index contributed by atoms with van der Waals surface area (Å²) < 4.78 is 12.1. The zero-order chi connectivity index (χ0) is 17.9. The summed E-state index contributed by atoms with van der Waals surface area (Å²) in [5.41, 5.74) is 4.42. The molecule has 0 unspecified atom stereocenters. The summed E-state index contributed by atoms with van der Waals surface area (Å²) in [6.45, 7) is 7.41. The molecule has 4 aliphatic rings. The highest BCUT2D eigenvalue weighted by Gasteiger charge is 2.50. The molecule has 1 aliphatic heterocycles. The highest BCUT2D eigenvalue weighted by atomic mass is 16.5. The van der Waals surface area contributed by atoms with Crippen molar-refractivity contribution in [3.05, 3.63) is 34.6 Å². The van der Waals surface area contributed by atoms with Crippen LogP contribution < -0.4 is 0 Å². The molecule has 0 spiro atoms. The number of ether oxygens (including phenoxy) is 2. The molecular weight excluding hydrogens is 314 g/mol. The standard InChI is InChI=1S/C21H29NO3/c1-12-16-10-21(3)13(2)19(25-11-14-6-7-14)18(24-5)9-15(21)8-17(16)22(4)20(12)23/h8-9,13-14,18-19H,6-7,10-11H2,1-5H3/t13-,18+,19+,21+/m0/s1. The fourth-order valence-corrected chi connectivity index (χ4v) is 4.63. The van der Waals surface area contributed by atoms with Crippen LogP contribution in [0.4, 0.5) is 0 Å². The Morgan fingerprint density at radius 3 is 2.72 bits per heavy atom. The Balaban J connectivity index is 1.72. The molecule has 0 radical (unpaired) electrons. The Labute approximate surface area is 150 Å². The number of fused-ring (bicyclic) bond motifs is 2. The van der Waals surface area contributed by atoms with Gasteiger partial charge in [0, 0.05) is 37.4 Å². The largest absolute Gasteiger partial charge is 0.375 e. The van der Waals surface area contributed by atoms with Crippen LogP contribution in [0, 0.1) is 17.3 Å². The number of hydrogen-bond donors (Lipinski definition) is 0. The first kappa shape index (κ1) is 17.0. The Hall–Kier alpha value is -1.39. The van der Waals surface area contributed by atoms with Crippen LogP contribution in [-0.2, 0) is 14.3 Å². The van der Waals surface area contributed by atoms with Crippen LogP contribution in [0.5, 0.6) is 0 Å². The predicted molar refractivity (Wildman–Crippen MR) is 96.8 cm³/mol. The SMILES string of the molecule is CO[C@@H]1C=C2C=C3C(=C(C)C(=O)N3C)C[C@]2(C)[C@@H](C)[C@H]1OCC1CC1. The molecule has 1 amide bonds. The molecule has 0 aromatic heterocycles. The number of allylic oxidation sites excluding steroid dienone is 3. The van der Waals surface area contributed by atoms with E-state index in [0.29, 0.717) is 5.92 Å². The number of carbonyl (C=O) groups is 1. The smallest absolute Gasteiger partial charge is 0.254 e. The molecule has 1 fully saturated rings. The predicted octanol–water partition coefficient (Wildman–Crippen LogP) is 3.46. The third-order valence-electron chi connectivity index (χ3n) is 6.90. The number of hydrogen-bond acceptors (Lipinski definition) is 3. The summed E-state index contributed by atoms with van der Waals surface area (Å²) in [5, 5.41) is 0. The van der Waals surface area contributed by atoms with Gasteiger partial charge in [0.1, 0.15) is 6.10 Å². The molecule has 4 atom stereocenters. The van der Waals surface area contributed by atoms with E-state index in [2.05, 4.69) is 26.0 Å². The van der Waals surface area contributed by atoms with Gasteiger partial charge in [-0.3, -0.25) is 4.79 Å². The van der Waals surface area contributed by atoms with Crippen molar-refractivity contribution in [3.8, 4) is 0 Å². The van der Waals surface area contributed by atoms with Gasteiger partial charge in [0.05, 0.1) is 6.10 Å². The van der Waals surface area contributed by atoms with Crippen molar-refractivity contribution in [1.82, 2.24) is 4.90 Å². The zero-order valence-electron chi connectivity index (χ0n) is 16.0. The van der Waals surface area contributed by atoms with Crippen LogP contribution >= 0.6 is 0 Å². The minimum Gasteiger partial charge on any atom is -0.375 e. The van der Waals surface area contributed by atoms with Gasteiger partial charge in [0.2, 0.25) is 0 Å². The fraction of sp³-hybridized carbons (Fsp3) is 0.667. The molecule has 0 saturated heterocycles. The first-order valence-electron chi connectivity index (χ1n) is 9.43. The van der Waals surface area contributed by atoms with E-state index < -0.39 is 0 Å². The molecular formula is C21H29NO3. The van der Waals surface area contributed by atoms with E-state index in [1.807, 2.05) is 14.0 Å². The molecule has 0 bridgehead atoms. The number of carbonyl (C=O) groups excluding carboxylic acids is 1. The third kappa shape index (κ3) is 2.53. The molecule has 0 aromatic rings. The first-order valence-corrected chi connectivity index (χ1v) is 9.43. The molecule has 25 heavy (non-hydrogen) atoms. The number of amides is 1. The molecule has 1 saturated carbocycles. The van der Waals surface area contributed by atoms with Gasteiger partial charge < -0.3 is 14.4 Å². The monoisotopic (exact) mass is 343 g/mol. The van der Waals surface area contributed by atoms with Crippen LogP contribution in [0.1, 0.15) is 40.0 Å². The van der Waals surface area contributed by atoms with E-state index >= 15 is 0 Å². The maximum atomic E-state index is 12.4. The summed E-state index contributed by atoms with van der Waals surface area (Å²) in [6, 6.07) is 0. The summed E-state index contributed by atoms with van der Waals surface area (Å²) >= 11 is 0. The van der Waals surface area contributed by atoms with Gasteiger partial charge in [0.15, 0.2) is 0 Å². The van der Waals surface area contributed by atoms with E-state index in [4.69, 9.17) is 9.47 Å². The summed E-state index contributed by atoms with van der Waals surface area (Å²) in [5.74, 6) is 1.20. The molecule has 1 heterocycles. The lowest BCUT2D eigenvalue weighted by molar-refractivity contribution is -0.123. The minimum absolute atomic E-state index is 0.0190. The lowest BCUT2D eigenvalue weighted by Gasteiger charge is -2.49. The van der Waals surface area contributed by atoms with Gasteiger partial charge >= 0.3 is 0 Å². The average molecular weight is 343 g/mol. The van der Waals surface area contributed by atoms with Gasteiger partial charge in [-0.25, -0.2) is 0 Å². The highest BCUT2D eigenvalue weighted by molar-refractivity contribution is 6.00. The Kier molecular flexibility index (Phi) is 3.97. The van der Waals surface area contributed by atoms with E-state index in [1.54, 1.807) is 12.0 Å². The van der Waals surface area contributed by atoms with E-state index in [1.165, 1.54) is 24.0 Å². The maximum Gasteiger partial charge on any atom is 0.254 e. The summed E-state index contributed by atoms with van der Waals surface area (Å²) in [6.07, 6.45) is 7.97. The van der Waals surface area contributed by atoms with Gasteiger partial charge in [0.25, 0.3) is 5.91 Å². The quantitative estimate of drug-likeness (QED) is 0.785. The van der Waals surface area contributed by atoms with E-state index in [9.17, 15) is 4.79 Å². The van der Waals surface area contributed by atoms with Crippen molar-refractivity contribution in [3.63, 3.8) is 0 Å². The second kappa shape index (κ2) is 5.82. The second-order valence-corrected chi connectivity index (χ2v) is 8.44. The Morgan fingerprint density at radius 1 is 1.36 bits per heavy atom. The normalized spacial score (nSPS) is 37.7. The Bertz CT molecular complexity index is 700. The molecule has 4 heteroatoms. The van der Waals surface area contributed by atoms with E-state index in [0.717, 1.165) is 30.2 Å². The van der Waals surface area contributed by atoms with Crippen LogP contribution in [0.15, 0.2) is 34.6 Å². The number of likely N-dealkylation sites (N-methyl/N-ethyl adjacent to an activating group) is 1. The molecule has 0 N–H and O–H groups in total. The van der Waals surface area contributed by atoms with Gasteiger partial charge in [-0.15, -0.1) is 0 Å². The van der Waals surface area contributed by atoms with Gasteiger partial charge in [-0.05, 0) is 61.3 Å². The Morgan fingerprint density at radius 2 is 2.08 bits per heavy atom. The lowest BCUT2D eigenvalue weighted by atomic mass is 9.59. The topological polar surface area (TPSA) is 38.8 Å². The zero-order valence-corrected chi connectivity index (χ0v) is 16.0. The number of methoxy groups -OCH3 is 1.